The molecule has 0 aliphatic rings. The molecule has 0 atom stereocenters. The average Bonchev–Trinajstić information content (AvgIpc) is 2.37. The number of rotatable bonds is 12. The molecule has 0 spiro atoms. The number of hydrogen-bond donors (Lipinski definition) is 0. The second-order valence-corrected chi connectivity index (χ2v) is 6.06. The van der Waals surface area contributed by atoms with Gasteiger partial charge in [-0.25, -0.2) is 4.79 Å². The first-order chi connectivity index (χ1) is 9.08. The Labute approximate surface area is 119 Å². The fourth-order valence-electron chi connectivity index (χ4n) is 1.93. The van der Waals surface area contributed by atoms with Gasteiger partial charge in [0.05, 0.1) is 16.8 Å². The van der Waals surface area contributed by atoms with Crippen LogP contribution in [0, 0.1) is 0 Å². The van der Waals surface area contributed by atoms with Crippen LogP contribution in [0.1, 0.15) is 46.0 Å². The summed E-state index contributed by atoms with van der Waals surface area (Å²) in [5.41, 5.74) is -0.321. The Hall–Kier alpha value is -0.653. The van der Waals surface area contributed by atoms with E-state index in [0.717, 1.165) is 42.3 Å². The molecule has 0 fully saturated rings. The largest absolute Gasteiger partial charge is 0.463 e. The van der Waals surface area contributed by atoms with Gasteiger partial charge < -0.3 is 14.2 Å². The van der Waals surface area contributed by atoms with Crippen LogP contribution >= 0.6 is 0 Å². The van der Waals surface area contributed by atoms with Crippen LogP contribution in [0.15, 0.2) is 12.7 Å². The SMILES string of the molecule is C=CC(=O)OCCCCCCC([SiH3])(OCC)OCC. The van der Waals surface area contributed by atoms with Gasteiger partial charge in [0, 0.05) is 19.3 Å². The Morgan fingerprint density at radius 2 is 1.74 bits per heavy atom. The van der Waals surface area contributed by atoms with Crippen LogP contribution in [0.3, 0.4) is 0 Å². The quantitative estimate of drug-likeness (QED) is 0.180. The first-order valence-electron chi connectivity index (χ1n) is 7.15. The van der Waals surface area contributed by atoms with E-state index in [1.807, 2.05) is 13.8 Å². The molecule has 112 valence electrons. The van der Waals surface area contributed by atoms with Crippen molar-refractivity contribution < 1.29 is 19.0 Å². The number of esters is 1. The number of carbonyl (C=O) groups is 1. The van der Waals surface area contributed by atoms with E-state index in [0.29, 0.717) is 19.8 Å². The lowest BCUT2D eigenvalue weighted by Gasteiger charge is -2.29. The number of carbonyl (C=O) groups excluding carboxylic acids is 1. The molecule has 0 aliphatic carbocycles. The summed E-state index contributed by atoms with van der Waals surface area (Å²) in [7, 11) is 0.881. The maximum absolute atomic E-state index is 10.8. The molecule has 0 heterocycles. The van der Waals surface area contributed by atoms with E-state index in [-0.39, 0.29) is 11.4 Å². The molecular weight excluding hydrogens is 260 g/mol. The molecule has 0 aliphatic heterocycles. The van der Waals surface area contributed by atoms with E-state index >= 15 is 0 Å². The van der Waals surface area contributed by atoms with Gasteiger partial charge in [0.1, 0.15) is 5.41 Å². The molecule has 19 heavy (non-hydrogen) atoms. The highest BCUT2D eigenvalue weighted by Crippen LogP contribution is 2.18. The van der Waals surface area contributed by atoms with Crippen molar-refractivity contribution in [2.45, 2.75) is 51.4 Å². The van der Waals surface area contributed by atoms with E-state index in [2.05, 4.69) is 6.58 Å². The molecule has 0 radical (unpaired) electrons. The monoisotopic (exact) mass is 288 g/mol. The summed E-state index contributed by atoms with van der Waals surface area (Å²) >= 11 is 0. The van der Waals surface area contributed by atoms with Crippen LogP contribution in [0.4, 0.5) is 0 Å². The molecule has 0 saturated heterocycles. The predicted molar refractivity (Wildman–Crippen MR) is 80.2 cm³/mol. The van der Waals surface area contributed by atoms with Crippen molar-refractivity contribution >= 4 is 16.2 Å². The van der Waals surface area contributed by atoms with Crippen molar-refractivity contribution in [2.75, 3.05) is 19.8 Å². The maximum atomic E-state index is 10.8. The molecule has 0 aromatic heterocycles. The van der Waals surface area contributed by atoms with Gasteiger partial charge in [-0.3, -0.25) is 0 Å². The standard InChI is InChI=1S/C14H28O4Si/c1-4-13(15)16-12-10-8-7-9-11-14(19,17-5-2)18-6-3/h4H,1,5-12H2,2-3,19H3. The Balaban J connectivity index is 3.60. The second-order valence-electron chi connectivity index (χ2n) is 4.54. The first-order valence-corrected chi connectivity index (χ1v) is 8.15. The molecule has 0 rings (SSSR count). The van der Waals surface area contributed by atoms with Crippen molar-refractivity contribution in [1.82, 2.24) is 0 Å². The van der Waals surface area contributed by atoms with E-state index in [1.165, 1.54) is 6.08 Å². The molecule has 0 N–H and O–H groups in total. The highest BCUT2D eigenvalue weighted by Gasteiger charge is 2.23. The van der Waals surface area contributed by atoms with E-state index in [1.54, 1.807) is 0 Å². The number of hydrogen-bond acceptors (Lipinski definition) is 4. The Bertz CT molecular complexity index is 250. The maximum Gasteiger partial charge on any atom is 0.330 e. The third-order valence-corrected chi connectivity index (χ3v) is 3.91. The van der Waals surface area contributed by atoms with Crippen LogP contribution in [-0.2, 0) is 19.0 Å². The lowest BCUT2D eigenvalue weighted by atomic mass is 10.1. The summed E-state index contributed by atoms with van der Waals surface area (Å²) in [6.07, 6.45) is 6.29. The fraction of sp³-hybridized carbons (Fsp3) is 0.786. The zero-order valence-electron chi connectivity index (χ0n) is 12.6. The number of ether oxygens (including phenoxy) is 3. The third kappa shape index (κ3) is 9.87. The highest BCUT2D eigenvalue weighted by atomic mass is 28.1. The zero-order valence-corrected chi connectivity index (χ0v) is 14.6. The Kier molecular flexibility index (Phi) is 10.8. The molecule has 4 nitrogen and oxygen atoms in total. The molecule has 0 amide bonds. The topological polar surface area (TPSA) is 44.8 Å². The van der Waals surface area contributed by atoms with Gasteiger partial charge in [-0.15, -0.1) is 0 Å². The second kappa shape index (κ2) is 11.2. The van der Waals surface area contributed by atoms with Crippen LogP contribution in [-0.4, -0.2) is 41.4 Å². The first kappa shape index (κ1) is 18.3. The summed E-state index contributed by atoms with van der Waals surface area (Å²) in [4.78, 5) is 10.8. The highest BCUT2D eigenvalue weighted by molar-refractivity contribution is 6.13. The molecule has 5 heteroatoms. The molecule has 0 aromatic carbocycles. The van der Waals surface area contributed by atoms with Gasteiger partial charge in [0.15, 0.2) is 0 Å². The van der Waals surface area contributed by atoms with Gasteiger partial charge in [-0.1, -0.05) is 19.4 Å². The minimum atomic E-state index is -0.341. The lowest BCUT2D eigenvalue weighted by Crippen LogP contribution is -2.36. The van der Waals surface area contributed by atoms with Crippen molar-refractivity contribution in [1.29, 1.82) is 0 Å². The van der Waals surface area contributed by atoms with Gasteiger partial charge in [-0.2, -0.15) is 0 Å². The van der Waals surface area contributed by atoms with Crippen LogP contribution in [0.5, 0.6) is 0 Å². The Morgan fingerprint density at radius 3 is 2.26 bits per heavy atom. The molecular formula is C14H28O4Si. The van der Waals surface area contributed by atoms with Crippen molar-refractivity contribution in [3.05, 3.63) is 12.7 Å². The van der Waals surface area contributed by atoms with E-state index in [4.69, 9.17) is 14.2 Å². The average molecular weight is 288 g/mol. The van der Waals surface area contributed by atoms with Crippen molar-refractivity contribution in [3.8, 4) is 0 Å². The molecule has 0 unspecified atom stereocenters. The zero-order chi connectivity index (χ0) is 14.6. The van der Waals surface area contributed by atoms with Crippen molar-refractivity contribution in [2.24, 2.45) is 0 Å². The normalized spacial score (nSPS) is 11.5. The number of unbranched alkanes of at least 4 members (excludes halogenated alkanes) is 3. The molecule has 0 saturated carbocycles. The fourth-order valence-corrected chi connectivity index (χ4v) is 2.86. The van der Waals surface area contributed by atoms with E-state index < -0.39 is 0 Å². The summed E-state index contributed by atoms with van der Waals surface area (Å²) in [5.74, 6) is -0.341. The van der Waals surface area contributed by atoms with Crippen LogP contribution < -0.4 is 0 Å². The minimum absolute atomic E-state index is 0.321. The van der Waals surface area contributed by atoms with Crippen molar-refractivity contribution in [3.63, 3.8) is 0 Å². The smallest absolute Gasteiger partial charge is 0.330 e. The minimum Gasteiger partial charge on any atom is -0.463 e. The van der Waals surface area contributed by atoms with E-state index in [9.17, 15) is 4.79 Å². The third-order valence-electron chi connectivity index (χ3n) is 2.84. The predicted octanol–water partition coefficient (Wildman–Crippen LogP) is 1.76. The van der Waals surface area contributed by atoms with Gasteiger partial charge in [0.25, 0.3) is 0 Å². The lowest BCUT2D eigenvalue weighted by molar-refractivity contribution is -0.177. The Morgan fingerprint density at radius 1 is 1.16 bits per heavy atom. The summed E-state index contributed by atoms with van der Waals surface area (Å²) in [5, 5.41) is 0. The molecule has 0 aromatic rings. The van der Waals surface area contributed by atoms with Crippen LogP contribution in [0.2, 0.25) is 0 Å². The summed E-state index contributed by atoms with van der Waals surface area (Å²) in [6.45, 7) is 9.22. The molecule has 0 bridgehead atoms. The van der Waals surface area contributed by atoms with Gasteiger partial charge in [0.2, 0.25) is 0 Å². The van der Waals surface area contributed by atoms with Crippen LogP contribution in [0.25, 0.3) is 0 Å². The van der Waals surface area contributed by atoms with Gasteiger partial charge >= 0.3 is 5.97 Å². The van der Waals surface area contributed by atoms with Gasteiger partial charge in [-0.05, 0) is 33.1 Å². The summed E-state index contributed by atoms with van der Waals surface area (Å²) < 4.78 is 16.3. The summed E-state index contributed by atoms with van der Waals surface area (Å²) in [6, 6.07) is 0.